The van der Waals surface area contributed by atoms with Gasteiger partial charge in [0.1, 0.15) is 11.6 Å². The lowest BCUT2D eigenvalue weighted by Crippen LogP contribution is -2.32. The van der Waals surface area contributed by atoms with E-state index < -0.39 is 23.6 Å². The van der Waals surface area contributed by atoms with Gasteiger partial charge < -0.3 is 19.7 Å². The van der Waals surface area contributed by atoms with Gasteiger partial charge in [-0.1, -0.05) is 24.3 Å². The van der Waals surface area contributed by atoms with Gasteiger partial charge in [0, 0.05) is 18.2 Å². The van der Waals surface area contributed by atoms with Gasteiger partial charge in [-0.2, -0.15) is 0 Å². The van der Waals surface area contributed by atoms with Crippen LogP contribution in [0.4, 0.5) is 14.5 Å². The number of hydrogen-bond acceptors (Lipinski definition) is 4. The first-order chi connectivity index (χ1) is 15.9. The molecule has 1 N–H and O–H groups in total. The number of carbonyl (C=O) groups excluding carboxylic acids is 2. The van der Waals surface area contributed by atoms with E-state index >= 15 is 0 Å². The summed E-state index contributed by atoms with van der Waals surface area (Å²) in [5.41, 5.74) is 1.96. The molecule has 0 fully saturated rings. The van der Waals surface area contributed by atoms with Crippen molar-refractivity contribution in [2.24, 2.45) is 0 Å². The summed E-state index contributed by atoms with van der Waals surface area (Å²) in [4.78, 5) is 27.6. The van der Waals surface area contributed by atoms with Gasteiger partial charge in [0.05, 0.1) is 32.4 Å². The summed E-state index contributed by atoms with van der Waals surface area (Å²) in [7, 11) is 3.01. The molecule has 3 aromatic rings. The van der Waals surface area contributed by atoms with Gasteiger partial charge in [-0.25, -0.2) is 8.78 Å². The molecule has 0 saturated carbocycles. The van der Waals surface area contributed by atoms with Crippen molar-refractivity contribution in [3.05, 3.63) is 89.0 Å². The van der Waals surface area contributed by atoms with Crippen molar-refractivity contribution in [1.29, 1.82) is 0 Å². The highest BCUT2D eigenvalue weighted by Crippen LogP contribution is 2.37. The molecule has 6 nitrogen and oxygen atoms in total. The molecular weight excluding hydrogens is 430 g/mol. The van der Waals surface area contributed by atoms with E-state index in [1.807, 2.05) is 12.1 Å². The van der Waals surface area contributed by atoms with Crippen molar-refractivity contribution in [2.75, 3.05) is 19.5 Å². The number of hydrogen-bond donors (Lipinski definition) is 1. The fraction of sp³-hybridized carbons (Fsp3) is 0.200. The Morgan fingerprint density at radius 3 is 2.48 bits per heavy atom. The Bertz CT molecular complexity index is 1210. The zero-order chi connectivity index (χ0) is 23.5. The molecule has 33 heavy (non-hydrogen) atoms. The number of carbonyl (C=O) groups is 2. The monoisotopic (exact) mass is 452 g/mol. The maximum Gasteiger partial charge on any atom is 0.255 e. The quantitative estimate of drug-likeness (QED) is 0.564. The standard InChI is InChI=1S/C25H22F2N2O4/c1-32-22-10-7-15(11-23(22)33-2)21(29-14-16-5-3-4-6-18(16)25(29)31)13-24(30)28-20-9-8-17(26)12-19(20)27/h3-12,21H,13-14H2,1-2H3,(H,28,30)/t21-/m0/s1. The van der Waals surface area contributed by atoms with Crippen LogP contribution in [0.25, 0.3) is 0 Å². The third-order valence-electron chi connectivity index (χ3n) is 5.60. The lowest BCUT2D eigenvalue weighted by molar-refractivity contribution is -0.117. The SMILES string of the molecule is COc1ccc([C@H](CC(=O)Nc2ccc(F)cc2F)N2Cc3ccccc3C2=O)cc1OC. The van der Waals surface area contributed by atoms with E-state index in [0.717, 1.165) is 17.7 Å². The lowest BCUT2D eigenvalue weighted by atomic mass is 10.0. The molecule has 0 bridgehead atoms. The predicted molar refractivity (Wildman–Crippen MR) is 118 cm³/mol. The second-order valence-corrected chi connectivity index (χ2v) is 7.60. The molecule has 0 radical (unpaired) electrons. The molecule has 0 saturated heterocycles. The van der Waals surface area contributed by atoms with E-state index in [4.69, 9.17) is 9.47 Å². The average molecular weight is 452 g/mol. The number of halogens is 2. The summed E-state index contributed by atoms with van der Waals surface area (Å²) in [6.07, 6.45) is -0.147. The van der Waals surface area contributed by atoms with Crippen molar-refractivity contribution in [2.45, 2.75) is 19.0 Å². The Morgan fingerprint density at radius 1 is 1.03 bits per heavy atom. The number of methoxy groups -OCH3 is 2. The van der Waals surface area contributed by atoms with E-state index in [0.29, 0.717) is 35.2 Å². The Balaban J connectivity index is 1.66. The number of benzene rings is 3. The fourth-order valence-corrected chi connectivity index (χ4v) is 3.96. The van der Waals surface area contributed by atoms with E-state index in [-0.39, 0.29) is 18.0 Å². The summed E-state index contributed by atoms with van der Waals surface area (Å²) in [6, 6.07) is 14.7. The number of fused-ring (bicyclic) bond motifs is 1. The molecule has 2 amide bonds. The normalized spacial score (nSPS) is 13.5. The van der Waals surface area contributed by atoms with Crippen LogP contribution < -0.4 is 14.8 Å². The Hall–Kier alpha value is -3.94. The zero-order valence-corrected chi connectivity index (χ0v) is 18.1. The molecular formula is C25H22F2N2O4. The van der Waals surface area contributed by atoms with Crippen LogP contribution in [0.2, 0.25) is 0 Å². The highest BCUT2D eigenvalue weighted by atomic mass is 19.1. The van der Waals surface area contributed by atoms with E-state index in [1.54, 1.807) is 35.2 Å². The topological polar surface area (TPSA) is 67.9 Å². The Labute approximate surface area is 189 Å². The zero-order valence-electron chi connectivity index (χ0n) is 18.1. The van der Waals surface area contributed by atoms with Gasteiger partial charge in [-0.3, -0.25) is 9.59 Å². The van der Waals surface area contributed by atoms with Crippen LogP contribution in [0.15, 0.2) is 60.7 Å². The van der Waals surface area contributed by atoms with Crippen LogP contribution >= 0.6 is 0 Å². The highest BCUT2D eigenvalue weighted by Gasteiger charge is 2.35. The minimum Gasteiger partial charge on any atom is -0.493 e. The first-order valence-corrected chi connectivity index (χ1v) is 10.3. The van der Waals surface area contributed by atoms with Gasteiger partial charge in [-0.05, 0) is 41.5 Å². The third-order valence-corrected chi connectivity index (χ3v) is 5.60. The van der Waals surface area contributed by atoms with Crippen LogP contribution in [0, 0.1) is 11.6 Å². The minimum atomic E-state index is -0.879. The second-order valence-electron chi connectivity index (χ2n) is 7.60. The number of anilines is 1. The molecule has 1 heterocycles. The second kappa shape index (κ2) is 9.28. The molecule has 1 aliphatic heterocycles. The van der Waals surface area contributed by atoms with Crippen molar-refractivity contribution >= 4 is 17.5 Å². The van der Waals surface area contributed by atoms with E-state index in [9.17, 15) is 18.4 Å². The van der Waals surface area contributed by atoms with Crippen LogP contribution in [-0.2, 0) is 11.3 Å². The smallest absolute Gasteiger partial charge is 0.255 e. The van der Waals surface area contributed by atoms with Crippen molar-refractivity contribution in [3.8, 4) is 11.5 Å². The molecule has 3 aromatic carbocycles. The van der Waals surface area contributed by atoms with Crippen LogP contribution in [0.1, 0.15) is 33.9 Å². The molecule has 170 valence electrons. The van der Waals surface area contributed by atoms with Crippen molar-refractivity contribution in [3.63, 3.8) is 0 Å². The summed E-state index contributed by atoms with van der Waals surface area (Å²) < 4.78 is 37.9. The number of nitrogens with zero attached hydrogens (tertiary/aromatic N) is 1. The summed E-state index contributed by atoms with van der Waals surface area (Å²) >= 11 is 0. The predicted octanol–water partition coefficient (Wildman–Crippen LogP) is 4.71. The minimum absolute atomic E-state index is 0.136. The molecule has 0 aliphatic carbocycles. The van der Waals surface area contributed by atoms with Crippen molar-refractivity contribution in [1.82, 2.24) is 4.90 Å². The average Bonchev–Trinajstić information content (AvgIpc) is 3.15. The number of rotatable bonds is 7. The summed E-state index contributed by atoms with van der Waals surface area (Å²) in [6.45, 7) is 0.326. The third kappa shape index (κ3) is 4.50. The summed E-state index contributed by atoms with van der Waals surface area (Å²) in [5.74, 6) is -1.39. The van der Waals surface area contributed by atoms with Gasteiger partial charge in [0.25, 0.3) is 5.91 Å². The lowest BCUT2D eigenvalue weighted by Gasteiger charge is -2.28. The van der Waals surface area contributed by atoms with Gasteiger partial charge in [-0.15, -0.1) is 0 Å². The van der Waals surface area contributed by atoms with Gasteiger partial charge in [0.2, 0.25) is 5.91 Å². The number of ether oxygens (including phenoxy) is 2. The first kappa shape index (κ1) is 22.3. The van der Waals surface area contributed by atoms with Gasteiger partial charge in [0.15, 0.2) is 11.5 Å². The van der Waals surface area contributed by atoms with Crippen molar-refractivity contribution < 1.29 is 27.8 Å². The molecule has 8 heteroatoms. The van der Waals surface area contributed by atoms with E-state index in [2.05, 4.69) is 5.32 Å². The molecule has 0 spiro atoms. The maximum absolute atomic E-state index is 14.0. The van der Waals surface area contributed by atoms with Crippen LogP contribution in [-0.4, -0.2) is 30.9 Å². The summed E-state index contributed by atoms with van der Waals surface area (Å²) in [5, 5.41) is 2.47. The fourth-order valence-electron chi connectivity index (χ4n) is 3.96. The van der Waals surface area contributed by atoms with Crippen LogP contribution in [0.5, 0.6) is 11.5 Å². The number of nitrogens with one attached hydrogen (secondary N) is 1. The molecule has 1 aliphatic rings. The number of amides is 2. The Morgan fingerprint density at radius 2 is 1.79 bits per heavy atom. The van der Waals surface area contributed by atoms with E-state index in [1.165, 1.54) is 14.2 Å². The maximum atomic E-state index is 14.0. The first-order valence-electron chi connectivity index (χ1n) is 10.3. The molecule has 1 atom stereocenters. The van der Waals surface area contributed by atoms with Gasteiger partial charge >= 0.3 is 0 Å². The highest BCUT2D eigenvalue weighted by molar-refractivity contribution is 5.99. The molecule has 4 rings (SSSR count). The Kier molecular flexibility index (Phi) is 6.26. The molecule has 0 unspecified atom stereocenters. The van der Waals surface area contributed by atoms with Crippen LogP contribution in [0.3, 0.4) is 0 Å². The largest absolute Gasteiger partial charge is 0.493 e. The molecule has 0 aromatic heterocycles.